The van der Waals surface area contributed by atoms with Gasteiger partial charge in [-0.3, -0.25) is 9.59 Å². The van der Waals surface area contributed by atoms with Crippen LogP contribution in [0.25, 0.3) is 0 Å². The van der Waals surface area contributed by atoms with Crippen molar-refractivity contribution in [1.82, 2.24) is 26.6 Å². The third-order valence-corrected chi connectivity index (χ3v) is 5.17. The van der Waals surface area contributed by atoms with Crippen molar-refractivity contribution in [3.05, 3.63) is 0 Å². The maximum Gasteiger partial charge on any atom is 0.408 e. The second-order valence-electron chi connectivity index (χ2n) is 13.0. The van der Waals surface area contributed by atoms with Crippen LogP contribution in [0.15, 0.2) is 0 Å². The molecule has 42 heavy (non-hydrogen) atoms. The molecular weight excluding hydrogens is 546 g/mol. The van der Waals surface area contributed by atoms with Crippen molar-refractivity contribution in [3.8, 4) is 0 Å². The first-order valence-electron chi connectivity index (χ1n) is 14.7. The Bertz CT molecular complexity index is 875. The predicted molar refractivity (Wildman–Crippen MR) is 160 cm³/mol. The predicted octanol–water partition coefficient (Wildman–Crippen LogP) is 3.89. The Hall–Kier alpha value is -3.25. The zero-order valence-corrected chi connectivity index (χ0v) is 27.3. The molecular formula is C29H55N5O8. The number of ether oxygens (including phenoxy) is 3. The van der Waals surface area contributed by atoms with Gasteiger partial charge in [0.15, 0.2) is 0 Å². The Labute approximate surface area is 251 Å². The van der Waals surface area contributed by atoms with Crippen LogP contribution in [-0.4, -0.2) is 78.6 Å². The molecule has 0 saturated carbocycles. The summed E-state index contributed by atoms with van der Waals surface area (Å²) in [5.41, 5.74) is -1.98. The van der Waals surface area contributed by atoms with Crippen molar-refractivity contribution in [2.24, 2.45) is 0 Å². The van der Waals surface area contributed by atoms with Gasteiger partial charge in [0, 0.05) is 19.6 Å². The summed E-state index contributed by atoms with van der Waals surface area (Å²) in [6, 6.07) is -1.80. The zero-order valence-electron chi connectivity index (χ0n) is 27.3. The van der Waals surface area contributed by atoms with Crippen LogP contribution in [0, 0.1) is 0 Å². The molecule has 0 aromatic carbocycles. The minimum absolute atomic E-state index is 0.253. The highest BCUT2D eigenvalue weighted by Crippen LogP contribution is 2.11. The number of hydrogen-bond donors (Lipinski definition) is 5. The monoisotopic (exact) mass is 601 g/mol. The van der Waals surface area contributed by atoms with Crippen molar-refractivity contribution in [2.75, 3.05) is 19.6 Å². The maximum absolute atomic E-state index is 13.3. The molecule has 0 saturated heterocycles. The third-order valence-electron chi connectivity index (χ3n) is 5.17. The van der Waals surface area contributed by atoms with Crippen molar-refractivity contribution in [1.29, 1.82) is 0 Å². The quantitative estimate of drug-likeness (QED) is 0.139. The van der Waals surface area contributed by atoms with Crippen LogP contribution < -0.4 is 26.6 Å². The summed E-state index contributed by atoms with van der Waals surface area (Å²) in [6.45, 7) is 18.6. The summed E-state index contributed by atoms with van der Waals surface area (Å²) in [4.78, 5) is 62.2. The van der Waals surface area contributed by atoms with Gasteiger partial charge in [0.05, 0.1) is 0 Å². The van der Waals surface area contributed by atoms with Gasteiger partial charge >= 0.3 is 18.3 Å². The van der Waals surface area contributed by atoms with Crippen LogP contribution in [0.3, 0.4) is 0 Å². The summed E-state index contributed by atoms with van der Waals surface area (Å²) in [7, 11) is 0. The molecule has 13 nitrogen and oxygen atoms in total. The fraction of sp³-hybridized carbons (Fsp3) is 0.828. The highest BCUT2D eigenvalue weighted by atomic mass is 16.6. The summed E-state index contributed by atoms with van der Waals surface area (Å²) < 4.78 is 15.8. The number of unbranched alkanes of at least 4 members (excludes halogenated alkanes) is 2. The average molecular weight is 602 g/mol. The molecule has 5 N–H and O–H groups in total. The van der Waals surface area contributed by atoms with Gasteiger partial charge < -0.3 is 40.8 Å². The Kier molecular flexibility index (Phi) is 16.9. The maximum atomic E-state index is 13.3. The fourth-order valence-corrected chi connectivity index (χ4v) is 3.51. The summed E-state index contributed by atoms with van der Waals surface area (Å²) in [5, 5.41) is 13.4. The lowest BCUT2D eigenvalue weighted by atomic mass is 10.1. The minimum atomic E-state index is -0.966. The molecule has 0 heterocycles. The first-order chi connectivity index (χ1) is 19.2. The molecule has 0 aliphatic carbocycles. The largest absolute Gasteiger partial charge is 0.444 e. The van der Waals surface area contributed by atoms with E-state index in [1.807, 2.05) is 0 Å². The van der Waals surface area contributed by atoms with Crippen molar-refractivity contribution < 1.29 is 38.2 Å². The van der Waals surface area contributed by atoms with E-state index in [0.29, 0.717) is 51.7 Å². The zero-order chi connectivity index (χ0) is 32.6. The Balaban J connectivity index is 5.16. The van der Waals surface area contributed by atoms with E-state index < -0.39 is 53.1 Å². The summed E-state index contributed by atoms with van der Waals surface area (Å²) >= 11 is 0. The average Bonchev–Trinajstić information content (AvgIpc) is 2.78. The van der Waals surface area contributed by atoms with E-state index in [0.717, 1.165) is 0 Å². The van der Waals surface area contributed by atoms with Crippen LogP contribution in [-0.2, 0) is 23.8 Å². The van der Waals surface area contributed by atoms with Crippen molar-refractivity contribution in [3.63, 3.8) is 0 Å². The van der Waals surface area contributed by atoms with Gasteiger partial charge in [-0.2, -0.15) is 0 Å². The Morgan fingerprint density at radius 2 is 0.905 bits per heavy atom. The van der Waals surface area contributed by atoms with Gasteiger partial charge in [0.1, 0.15) is 28.9 Å². The van der Waals surface area contributed by atoms with Gasteiger partial charge in [0.2, 0.25) is 11.8 Å². The van der Waals surface area contributed by atoms with E-state index >= 15 is 0 Å². The molecule has 0 aromatic rings. The van der Waals surface area contributed by atoms with Crippen LogP contribution in [0.2, 0.25) is 0 Å². The van der Waals surface area contributed by atoms with Crippen LogP contribution >= 0.6 is 0 Å². The molecule has 13 heteroatoms. The van der Waals surface area contributed by atoms with Crippen LogP contribution in [0.5, 0.6) is 0 Å². The third kappa shape index (κ3) is 21.5. The molecule has 0 aliphatic heterocycles. The van der Waals surface area contributed by atoms with Crippen molar-refractivity contribution in [2.45, 2.75) is 137 Å². The number of hydrogen-bond acceptors (Lipinski definition) is 8. The smallest absolute Gasteiger partial charge is 0.408 e. The lowest BCUT2D eigenvalue weighted by molar-refractivity contribution is -0.130. The van der Waals surface area contributed by atoms with Gasteiger partial charge in [-0.15, -0.1) is 0 Å². The van der Waals surface area contributed by atoms with E-state index in [-0.39, 0.29) is 12.3 Å². The lowest BCUT2D eigenvalue weighted by Crippen LogP contribution is -2.54. The standard InChI is InChI=1S/C29H55N5O8/c1-11-30-22(35)20(16-12-14-18-31-24(37)40-27(2,3)4)33-23(36)21(34-26(39)42-29(8,9)10)17-13-15-19-32-25(38)41-28(5,6)7/h20-21H,11-19H2,1-10H3,(H,30,35)(H,31,37)(H,32,38)(H,33,36)(H,34,39). The normalized spacial score (nSPS) is 13.2. The topological polar surface area (TPSA) is 173 Å². The number of likely N-dealkylation sites (N-methyl/N-ethyl adjacent to an activating group) is 1. The number of amides is 5. The van der Waals surface area contributed by atoms with E-state index in [1.165, 1.54) is 0 Å². The van der Waals surface area contributed by atoms with Gasteiger partial charge in [-0.1, -0.05) is 0 Å². The molecule has 2 atom stereocenters. The lowest BCUT2D eigenvalue weighted by Gasteiger charge is -2.25. The first kappa shape index (κ1) is 38.8. The van der Waals surface area contributed by atoms with E-state index in [2.05, 4.69) is 26.6 Å². The summed E-state index contributed by atoms with van der Waals surface area (Å²) in [5.74, 6) is -0.868. The molecule has 0 aliphatic rings. The van der Waals surface area contributed by atoms with Crippen LogP contribution in [0.4, 0.5) is 14.4 Å². The molecule has 0 fully saturated rings. The minimum Gasteiger partial charge on any atom is -0.444 e. The first-order valence-corrected chi connectivity index (χ1v) is 14.7. The molecule has 0 aromatic heterocycles. The Morgan fingerprint density at radius 3 is 1.29 bits per heavy atom. The highest BCUT2D eigenvalue weighted by molar-refractivity contribution is 5.91. The number of nitrogens with one attached hydrogen (secondary N) is 5. The molecule has 0 radical (unpaired) electrons. The molecule has 2 unspecified atom stereocenters. The molecule has 0 rings (SSSR count). The molecule has 0 bridgehead atoms. The van der Waals surface area contributed by atoms with Gasteiger partial charge in [0.25, 0.3) is 0 Å². The van der Waals surface area contributed by atoms with Crippen molar-refractivity contribution >= 4 is 30.1 Å². The fourth-order valence-electron chi connectivity index (χ4n) is 3.51. The molecule has 244 valence electrons. The van der Waals surface area contributed by atoms with Gasteiger partial charge in [-0.25, -0.2) is 14.4 Å². The second kappa shape index (κ2) is 18.3. The van der Waals surface area contributed by atoms with E-state index in [4.69, 9.17) is 14.2 Å². The Morgan fingerprint density at radius 1 is 0.524 bits per heavy atom. The number of rotatable bonds is 15. The number of carbonyl (C=O) groups excluding carboxylic acids is 5. The molecule has 0 spiro atoms. The van der Waals surface area contributed by atoms with Crippen LogP contribution in [0.1, 0.15) is 108 Å². The van der Waals surface area contributed by atoms with Gasteiger partial charge in [-0.05, 0) is 108 Å². The van der Waals surface area contributed by atoms with E-state index in [9.17, 15) is 24.0 Å². The van der Waals surface area contributed by atoms with E-state index in [1.54, 1.807) is 69.2 Å². The molecule has 5 amide bonds. The number of carbonyl (C=O) groups is 5. The second-order valence-corrected chi connectivity index (χ2v) is 13.0. The number of alkyl carbamates (subject to hydrolysis) is 3. The SMILES string of the molecule is CCNC(=O)C(CCCCNC(=O)OC(C)(C)C)NC(=O)C(CCCCNC(=O)OC(C)(C)C)NC(=O)OC(C)(C)C. The summed E-state index contributed by atoms with van der Waals surface area (Å²) in [6.07, 6.45) is 0.902. The highest BCUT2D eigenvalue weighted by Gasteiger charge is 2.28.